The monoisotopic (exact) mass is 294 g/mol. The number of aromatic hydroxyl groups is 1. The molecule has 5 heteroatoms. The normalized spacial score (nSPS) is 10.4. The Labute approximate surface area is 127 Å². The maximum absolute atomic E-state index is 11.9. The Kier molecular flexibility index (Phi) is 3.87. The highest BCUT2D eigenvalue weighted by Crippen LogP contribution is 2.30. The lowest BCUT2D eigenvalue weighted by atomic mass is 10.2. The number of pyridine rings is 1. The fourth-order valence-electron chi connectivity index (χ4n) is 2.12. The Morgan fingerprint density at radius 1 is 1.09 bits per heavy atom. The number of phenols is 1. The van der Waals surface area contributed by atoms with E-state index in [1.807, 2.05) is 36.4 Å². The van der Waals surface area contributed by atoms with Crippen molar-refractivity contribution in [2.75, 3.05) is 5.32 Å². The highest BCUT2D eigenvalue weighted by molar-refractivity contribution is 6.00. The number of hydrogen-bond donors (Lipinski definition) is 2. The van der Waals surface area contributed by atoms with Crippen LogP contribution < -0.4 is 5.32 Å². The van der Waals surface area contributed by atoms with Gasteiger partial charge >= 0.3 is 6.09 Å². The summed E-state index contributed by atoms with van der Waals surface area (Å²) in [6.07, 6.45) is 0.958. The first-order valence-electron chi connectivity index (χ1n) is 6.78. The summed E-state index contributed by atoms with van der Waals surface area (Å²) in [5.74, 6) is -0.0529. The number of nitrogens with one attached hydrogen (secondary N) is 1. The summed E-state index contributed by atoms with van der Waals surface area (Å²) in [6, 6.07) is 16.3. The average Bonchev–Trinajstić information content (AvgIpc) is 2.56. The van der Waals surface area contributed by atoms with E-state index in [0.29, 0.717) is 5.52 Å². The third-order valence-electron chi connectivity index (χ3n) is 3.19. The van der Waals surface area contributed by atoms with Crippen LogP contribution in [-0.2, 0) is 11.3 Å². The number of carbonyl (C=O) groups excluding carboxylic acids is 1. The van der Waals surface area contributed by atoms with Crippen molar-refractivity contribution in [2.24, 2.45) is 0 Å². The van der Waals surface area contributed by atoms with Gasteiger partial charge in [0.05, 0.1) is 5.52 Å². The van der Waals surface area contributed by atoms with Crippen LogP contribution in [-0.4, -0.2) is 16.2 Å². The number of rotatable bonds is 3. The molecule has 0 spiro atoms. The number of aromatic nitrogens is 1. The lowest BCUT2D eigenvalue weighted by molar-refractivity contribution is 0.155. The van der Waals surface area contributed by atoms with Crippen LogP contribution in [0.15, 0.2) is 60.8 Å². The second-order valence-electron chi connectivity index (χ2n) is 4.72. The Hall–Kier alpha value is -3.08. The number of hydrogen-bond acceptors (Lipinski definition) is 4. The van der Waals surface area contributed by atoms with E-state index in [1.165, 1.54) is 6.07 Å². The van der Waals surface area contributed by atoms with E-state index in [1.54, 1.807) is 18.3 Å². The molecule has 0 bridgehead atoms. The highest BCUT2D eigenvalue weighted by atomic mass is 16.5. The third kappa shape index (κ3) is 2.98. The van der Waals surface area contributed by atoms with Crippen LogP contribution in [0.25, 0.3) is 10.9 Å². The largest absolute Gasteiger partial charge is 0.506 e. The van der Waals surface area contributed by atoms with Crippen LogP contribution in [0.5, 0.6) is 5.75 Å². The van der Waals surface area contributed by atoms with Crippen LogP contribution in [0, 0.1) is 0 Å². The Morgan fingerprint density at radius 3 is 2.73 bits per heavy atom. The van der Waals surface area contributed by atoms with Gasteiger partial charge in [0.15, 0.2) is 0 Å². The van der Waals surface area contributed by atoms with Gasteiger partial charge in [-0.05, 0) is 23.8 Å². The van der Waals surface area contributed by atoms with E-state index in [0.717, 1.165) is 10.9 Å². The maximum Gasteiger partial charge on any atom is 0.412 e. The molecule has 0 radical (unpaired) electrons. The molecule has 1 amide bonds. The number of anilines is 1. The van der Waals surface area contributed by atoms with Crippen LogP contribution in [0.2, 0.25) is 0 Å². The standard InChI is InChI=1S/C17H14N2O3/c20-14-9-8-13-7-4-10-18-15(13)16(14)19-17(21)22-11-12-5-2-1-3-6-12/h1-10,20H,11H2,(H,19,21). The third-order valence-corrected chi connectivity index (χ3v) is 3.19. The molecular weight excluding hydrogens is 280 g/mol. The summed E-state index contributed by atoms with van der Waals surface area (Å²) >= 11 is 0. The van der Waals surface area contributed by atoms with Gasteiger partial charge in [-0.3, -0.25) is 10.3 Å². The molecule has 110 valence electrons. The van der Waals surface area contributed by atoms with E-state index >= 15 is 0 Å². The molecule has 3 aromatic rings. The molecule has 0 saturated carbocycles. The number of amides is 1. The summed E-state index contributed by atoms with van der Waals surface area (Å²) in [5, 5.41) is 13.3. The molecule has 0 saturated heterocycles. The zero-order valence-electron chi connectivity index (χ0n) is 11.7. The van der Waals surface area contributed by atoms with E-state index < -0.39 is 6.09 Å². The predicted octanol–water partition coefficient (Wildman–Crippen LogP) is 3.69. The highest BCUT2D eigenvalue weighted by Gasteiger charge is 2.12. The zero-order chi connectivity index (χ0) is 15.4. The first kappa shape index (κ1) is 13.9. The summed E-state index contributed by atoms with van der Waals surface area (Å²) < 4.78 is 5.15. The van der Waals surface area contributed by atoms with Crippen LogP contribution in [0.4, 0.5) is 10.5 Å². The quantitative estimate of drug-likeness (QED) is 0.723. The van der Waals surface area contributed by atoms with Crippen molar-refractivity contribution in [3.8, 4) is 5.75 Å². The van der Waals surface area contributed by atoms with Crippen molar-refractivity contribution >= 4 is 22.7 Å². The summed E-state index contributed by atoms with van der Waals surface area (Å²) in [6.45, 7) is 0.158. The predicted molar refractivity (Wildman–Crippen MR) is 83.7 cm³/mol. The van der Waals surface area contributed by atoms with Crippen molar-refractivity contribution in [3.63, 3.8) is 0 Å². The average molecular weight is 294 g/mol. The van der Waals surface area contributed by atoms with Crippen molar-refractivity contribution in [1.29, 1.82) is 0 Å². The molecule has 0 aliphatic heterocycles. The van der Waals surface area contributed by atoms with Gasteiger partial charge in [-0.2, -0.15) is 0 Å². The number of carbonyl (C=O) groups is 1. The van der Waals surface area contributed by atoms with E-state index in [2.05, 4.69) is 10.3 Å². The smallest absolute Gasteiger partial charge is 0.412 e. The summed E-state index contributed by atoms with van der Waals surface area (Å²) in [4.78, 5) is 16.1. The van der Waals surface area contributed by atoms with Gasteiger partial charge in [0.25, 0.3) is 0 Å². The van der Waals surface area contributed by atoms with Gasteiger partial charge < -0.3 is 9.84 Å². The second-order valence-corrected chi connectivity index (χ2v) is 4.72. The van der Waals surface area contributed by atoms with Gasteiger partial charge in [0.2, 0.25) is 0 Å². The van der Waals surface area contributed by atoms with Crippen molar-refractivity contribution in [2.45, 2.75) is 6.61 Å². The molecule has 1 heterocycles. The lowest BCUT2D eigenvalue weighted by Gasteiger charge is -2.10. The molecule has 5 nitrogen and oxygen atoms in total. The van der Waals surface area contributed by atoms with Gasteiger partial charge in [-0.15, -0.1) is 0 Å². The molecular formula is C17H14N2O3. The summed E-state index contributed by atoms with van der Waals surface area (Å²) in [5.41, 5.74) is 1.65. The molecule has 0 unspecified atom stereocenters. The van der Waals surface area contributed by atoms with Crippen LogP contribution in [0.3, 0.4) is 0 Å². The number of benzene rings is 2. The second kappa shape index (κ2) is 6.13. The van der Waals surface area contributed by atoms with E-state index in [-0.39, 0.29) is 18.0 Å². The van der Waals surface area contributed by atoms with Gasteiger partial charge in [0.1, 0.15) is 18.0 Å². The lowest BCUT2D eigenvalue weighted by Crippen LogP contribution is -2.14. The topological polar surface area (TPSA) is 71.5 Å². The molecule has 0 atom stereocenters. The van der Waals surface area contributed by atoms with Crippen molar-refractivity contribution in [3.05, 3.63) is 66.4 Å². The van der Waals surface area contributed by atoms with Crippen molar-refractivity contribution in [1.82, 2.24) is 4.98 Å². The van der Waals surface area contributed by atoms with Gasteiger partial charge in [-0.1, -0.05) is 36.4 Å². The molecule has 2 aromatic carbocycles. The minimum atomic E-state index is -0.641. The first-order valence-corrected chi connectivity index (χ1v) is 6.78. The SMILES string of the molecule is O=C(Nc1c(O)ccc2cccnc12)OCc1ccccc1. The molecule has 22 heavy (non-hydrogen) atoms. The van der Waals surface area contributed by atoms with Gasteiger partial charge in [-0.25, -0.2) is 4.79 Å². The van der Waals surface area contributed by atoms with E-state index in [4.69, 9.17) is 4.74 Å². The molecule has 1 aromatic heterocycles. The minimum Gasteiger partial charge on any atom is -0.506 e. The summed E-state index contributed by atoms with van der Waals surface area (Å²) in [7, 11) is 0. The van der Waals surface area contributed by atoms with Gasteiger partial charge in [0, 0.05) is 11.6 Å². The molecule has 2 N–H and O–H groups in total. The van der Waals surface area contributed by atoms with Crippen molar-refractivity contribution < 1.29 is 14.6 Å². The number of nitrogens with zero attached hydrogens (tertiary/aromatic N) is 1. The fourth-order valence-corrected chi connectivity index (χ4v) is 2.12. The Balaban J connectivity index is 1.75. The van der Waals surface area contributed by atoms with Crippen LogP contribution >= 0.6 is 0 Å². The Bertz CT molecular complexity index is 803. The number of ether oxygens (including phenoxy) is 1. The van der Waals surface area contributed by atoms with Crippen LogP contribution in [0.1, 0.15) is 5.56 Å². The Morgan fingerprint density at radius 2 is 1.91 bits per heavy atom. The first-order chi connectivity index (χ1) is 10.7. The maximum atomic E-state index is 11.9. The van der Waals surface area contributed by atoms with E-state index in [9.17, 15) is 9.90 Å². The minimum absolute atomic E-state index is 0.0529. The zero-order valence-corrected chi connectivity index (χ0v) is 11.7. The number of fused-ring (bicyclic) bond motifs is 1. The molecule has 0 aliphatic carbocycles. The number of phenolic OH excluding ortho intramolecular Hbond substituents is 1. The fraction of sp³-hybridized carbons (Fsp3) is 0.0588. The molecule has 0 aliphatic rings. The molecule has 0 fully saturated rings. The molecule has 3 rings (SSSR count).